The molecular weight excluding hydrogens is 438 g/mol. The summed E-state index contributed by atoms with van der Waals surface area (Å²) in [5.74, 6) is -24.0. The number of hydrogen-bond donors (Lipinski definition) is 0. The van der Waals surface area contributed by atoms with Crippen LogP contribution >= 0.6 is 0 Å². The van der Waals surface area contributed by atoms with Gasteiger partial charge in [-0.25, -0.2) is 14.4 Å². The molecule has 0 heterocycles. The van der Waals surface area contributed by atoms with E-state index >= 15 is 0 Å². The normalized spacial score (nSPS) is 11.6. The Balaban J connectivity index is 0.000000590. The highest BCUT2D eigenvalue weighted by Gasteiger charge is 2.79. The van der Waals surface area contributed by atoms with Gasteiger partial charge in [0.1, 0.15) is 0 Å². The van der Waals surface area contributed by atoms with Gasteiger partial charge in [0.05, 0.1) is 26.4 Å². The molecule has 0 amide bonds. The highest BCUT2D eigenvalue weighted by Crippen LogP contribution is 2.46. The number of carbonyl (C=O) groups excluding carboxylic acids is 3. The van der Waals surface area contributed by atoms with Gasteiger partial charge in [-0.3, -0.25) is 0 Å². The molecule has 0 aliphatic rings. The lowest BCUT2D eigenvalue weighted by atomic mass is 10.0. The SMILES string of the molecule is CCCCCOC(=O)c1ccccc1.COC(=O)C(F)(F)C(F)(F)C(F)(F)C(=O)OC. The van der Waals surface area contributed by atoms with Crippen LogP contribution in [0, 0.1) is 0 Å². The zero-order chi connectivity index (χ0) is 24.3. The summed E-state index contributed by atoms with van der Waals surface area (Å²) in [4.78, 5) is 32.0. The van der Waals surface area contributed by atoms with Crippen LogP contribution in [0.25, 0.3) is 0 Å². The fraction of sp³-hybridized carbons (Fsp3) is 0.526. The molecule has 12 heteroatoms. The van der Waals surface area contributed by atoms with Crippen LogP contribution in [0.3, 0.4) is 0 Å². The molecule has 0 N–H and O–H groups in total. The van der Waals surface area contributed by atoms with Crippen molar-refractivity contribution in [2.45, 2.75) is 44.0 Å². The molecule has 1 rings (SSSR count). The molecule has 0 aliphatic carbocycles. The summed E-state index contributed by atoms with van der Waals surface area (Å²) in [6.45, 7) is 2.65. The maximum Gasteiger partial charge on any atom is 0.411 e. The Bertz CT molecular complexity index is 694. The first-order valence-corrected chi connectivity index (χ1v) is 8.83. The molecule has 1 aromatic carbocycles. The van der Waals surface area contributed by atoms with Gasteiger partial charge in [0, 0.05) is 0 Å². The van der Waals surface area contributed by atoms with Crippen molar-refractivity contribution in [3.8, 4) is 0 Å². The Kier molecular flexibility index (Phi) is 11.1. The summed E-state index contributed by atoms with van der Waals surface area (Å²) in [6.07, 6.45) is 3.21. The molecule has 1 aromatic rings. The van der Waals surface area contributed by atoms with E-state index in [2.05, 4.69) is 16.4 Å². The molecule has 31 heavy (non-hydrogen) atoms. The summed E-state index contributed by atoms with van der Waals surface area (Å²) < 4.78 is 87.8. The van der Waals surface area contributed by atoms with Crippen LogP contribution in [-0.2, 0) is 23.8 Å². The third kappa shape index (κ3) is 7.14. The number of halogens is 6. The van der Waals surface area contributed by atoms with E-state index in [1.165, 1.54) is 0 Å². The first-order chi connectivity index (χ1) is 14.3. The average Bonchev–Trinajstić information content (AvgIpc) is 2.75. The number of hydrogen-bond acceptors (Lipinski definition) is 6. The topological polar surface area (TPSA) is 78.9 Å². The van der Waals surface area contributed by atoms with Crippen LogP contribution in [-0.4, -0.2) is 56.5 Å². The average molecular weight is 460 g/mol. The largest absolute Gasteiger partial charge is 0.464 e. The standard InChI is InChI=1S/C12H16O2.C7H6F6O4/c1-2-3-7-10-14-12(13)11-8-5-4-6-9-11;1-16-3(14)5(8,9)7(12,13)6(10,11)4(15)17-2/h4-6,8-9H,2-3,7,10H2,1H3;1-2H3. The van der Waals surface area contributed by atoms with Crippen LogP contribution < -0.4 is 0 Å². The molecule has 0 fully saturated rings. The zero-order valence-electron chi connectivity index (χ0n) is 16.9. The van der Waals surface area contributed by atoms with Gasteiger partial charge in [-0.2, -0.15) is 26.3 Å². The minimum Gasteiger partial charge on any atom is -0.464 e. The minimum atomic E-state index is -6.28. The third-order valence-corrected chi connectivity index (χ3v) is 3.66. The molecule has 6 nitrogen and oxygen atoms in total. The fourth-order valence-electron chi connectivity index (χ4n) is 1.88. The first-order valence-electron chi connectivity index (χ1n) is 8.83. The third-order valence-electron chi connectivity index (χ3n) is 3.66. The van der Waals surface area contributed by atoms with E-state index in [1.54, 1.807) is 12.1 Å². The molecule has 0 bridgehead atoms. The second-order valence-electron chi connectivity index (χ2n) is 5.92. The lowest BCUT2D eigenvalue weighted by molar-refractivity contribution is -0.299. The van der Waals surface area contributed by atoms with Crippen molar-refractivity contribution in [1.82, 2.24) is 0 Å². The molecule has 0 unspecified atom stereocenters. The number of alkyl halides is 6. The molecule has 0 spiro atoms. The minimum absolute atomic E-state index is 0.221. The Hall–Kier alpha value is -2.79. The van der Waals surface area contributed by atoms with Crippen molar-refractivity contribution in [2.24, 2.45) is 0 Å². The van der Waals surface area contributed by atoms with Crippen molar-refractivity contribution in [3.05, 3.63) is 35.9 Å². The number of unbranched alkanes of at least 4 members (excludes halogenated alkanes) is 2. The van der Waals surface area contributed by atoms with E-state index in [9.17, 15) is 40.7 Å². The van der Waals surface area contributed by atoms with Gasteiger partial charge < -0.3 is 14.2 Å². The Labute approximate surface area is 174 Å². The summed E-state index contributed by atoms with van der Waals surface area (Å²) >= 11 is 0. The summed E-state index contributed by atoms with van der Waals surface area (Å²) in [5.41, 5.74) is 0.629. The van der Waals surface area contributed by atoms with Crippen molar-refractivity contribution < 1.29 is 54.9 Å². The fourth-order valence-corrected chi connectivity index (χ4v) is 1.88. The van der Waals surface area contributed by atoms with Gasteiger partial charge in [-0.1, -0.05) is 38.0 Å². The van der Waals surface area contributed by atoms with E-state index in [-0.39, 0.29) is 5.97 Å². The number of methoxy groups -OCH3 is 2. The monoisotopic (exact) mass is 460 g/mol. The molecule has 0 aliphatic heterocycles. The zero-order valence-corrected chi connectivity index (χ0v) is 16.9. The highest BCUT2D eigenvalue weighted by atomic mass is 19.3. The maximum absolute atomic E-state index is 12.8. The Morgan fingerprint density at radius 3 is 1.65 bits per heavy atom. The second-order valence-corrected chi connectivity index (χ2v) is 5.92. The van der Waals surface area contributed by atoms with Gasteiger partial charge in [0.15, 0.2) is 0 Å². The number of rotatable bonds is 9. The van der Waals surface area contributed by atoms with E-state index in [0.717, 1.165) is 19.3 Å². The van der Waals surface area contributed by atoms with E-state index in [0.29, 0.717) is 26.4 Å². The van der Waals surface area contributed by atoms with Crippen molar-refractivity contribution >= 4 is 17.9 Å². The highest BCUT2D eigenvalue weighted by molar-refractivity contribution is 5.89. The van der Waals surface area contributed by atoms with Gasteiger partial charge in [0.2, 0.25) is 0 Å². The predicted molar refractivity (Wildman–Crippen MR) is 95.1 cm³/mol. The first kappa shape index (κ1) is 28.2. The summed E-state index contributed by atoms with van der Waals surface area (Å²) in [5, 5.41) is 0. The number of esters is 3. The van der Waals surface area contributed by atoms with Crippen LogP contribution in [0.1, 0.15) is 36.5 Å². The quantitative estimate of drug-likeness (QED) is 0.237. The lowest BCUT2D eigenvalue weighted by Gasteiger charge is -2.28. The molecule has 0 saturated heterocycles. The number of benzene rings is 1. The smallest absolute Gasteiger partial charge is 0.411 e. The Morgan fingerprint density at radius 2 is 1.26 bits per heavy atom. The number of carbonyl (C=O) groups is 3. The number of ether oxygens (including phenoxy) is 3. The molecule has 0 aromatic heterocycles. The van der Waals surface area contributed by atoms with Gasteiger partial charge in [-0.15, -0.1) is 0 Å². The lowest BCUT2D eigenvalue weighted by Crippen LogP contribution is -2.61. The van der Waals surface area contributed by atoms with Crippen LogP contribution in [0.2, 0.25) is 0 Å². The molecule has 0 radical (unpaired) electrons. The van der Waals surface area contributed by atoms with Crippen molar-refractivity contribution in [2.75, 3.05) is 20.8 Å². The van der Waals surface area contributed by atoms with Gasteiger partial charge in [-0.05, 0) is 18.6 Å². The second kappa shape index (κ2) is 12.2. The van der Waals surface area contributed by atoms with Crippen LogP contribution in [0.15, 0.2) is 30.3 Å². The Morgan fingerprint density at radius 1 is 0.806 bits per heavy atom. The van der Waals surface area contributed by atoms with E-state index in [4.69, 9.17) is 4.74 Å². The molecular formula is C19H22F6O6. The molecule has 0 atom stereocenters. The predicted octanol–water partition coefficient (Wildman–Crippen LogP) is 4.27. The summed E-state index contributed by atoms with van der Waals surface area (Å²) in [6, 6.07) is 9.09. The summed E-state index contributed by atoms with van der Waals surface area (Å²) in [7, 11) is 0.589. The molecule has 0 saturated carbocycles. The van der Waals surface area contributed by atoms with Crippen molar-refractivity contribution in [3.63, 3.8) is 0 Å². The van der Waals surface area contributed by atoms with Crippen molar-refractivity contribution in [1.29, 1.82) is 0 Å². The van der Waals surface area contributed by atoms with Gasteiger partial charge in [0.25, 0.3) is 0 Å². The van der Waals surface area contributed by atoms with E-state index in [1.807, 2.05) is 18.2 Å². The maximum atomic E-state index is 12.8. The van der Waals surface area contributed by atoms with E-state index < -0.39 is 29.7 Å². The molecule has 176 valence electrons. The van der Waals surface area contributed by atoms with Crippen LogP contribution in [0.4, 0.5) is 26.3 Å². The van der Waals surface area contributed by atoms with Gasteiger partial charge >= 0.3 is 35.7 Å². The van der Waals surface area contributed by atoms with Crippen LogP contribution in [0.5, 0.6) is 0 Å².